The van der Waals surface area contributed by atoms with Gasteiger partial charge in [0, 0.05) is 60.7 Å². The van der Waals surface area contributed by atoms with Gasteiger partial charge in [0.05, 0.1) is 24.8 Å². The number of hydrogen-bond acceptors (Lipinski definition) is 8. The summed E-state index contributed by atoms with van der Waals surface area (Å²) in [5, 5.41) is 20.6. The van der Waals surface area contributed by atoms with E-state index in [9.17, 15) is 14.4 Å². The van der Waals surface area contributed by atoms with Crippen LogP contribution >= 0.6 is 11.8 Å². The zero-order valence-corrected chi connectivity index (χ0v) is 29.3. The quantitative estimate of drug-likeness (QED) is 0.138. The fourth-order valence-electron chi connectivity index (χ4n) is 6.80. The second-order valence-electron chi connectivity index (χ2n) is 13.2. The molecule has 1 radical (unpaired) electrons. The molecule has 2 saturated heterocycles. The van der Waals surface area contributed by atoms with Crippen molar-refractivity contribution < 1.29 is 14.4 Å². The maximum Gasteiger partial charge on any atom is 0.315 e. The van der Waals surface area contributed by atoms with Crippen molar-refractivity contribution >= 4 is 35.3 Å². The number of aryl methyl sites for hydroxylation is 4. The standard InChI is InChI=1S/C36H46N9O3S/c1-24-17-25(2)34(26(3)18-24)44-16-15-43(23-44)20-27-9-11-28(12-10-27)35(47)37-13-6-14-45-21-29(41-42-45)19-38-32(46)8-5-4-7-31-33-30(22-49-31)39-36(48)40-33/h9-12,15-18,21,23,30-31,33H,4-8,13-14,19-20,22H2,1-3H3,(H,37,47)(H,38,46)(H2,39,40,48)/t30-,31-,33-/m0/s1. The highest BCUT2D eigenvalue weighted by Crippen LogP contribution is 2.33. The monoisotopic (exact) mass is 684 g/mol. The van der Waals surface area contributed by atoms with Gasteiger partial charge in [0.2, 0.25) is 5.91 Å². The Morgan fingerprint density at radius 3 is 2.59 bits per heavy atom. The molecule has 259 valence electrons. The lowest BCUT2D eigenvalue weighted by Crippen LogP contribution is -2.36. The van der Waals surface area contributed by atoms with E-state index in [0.717, 1.165) is 30.6 Å². The molecular formula is C36H46N9O3S. The van der Waals surface area contributed by atoms with Crippen molar-refractivity contribution in [3.05, 3.63) is 95.2 Å². The summed E-state index contributed by atoms with van der Waals surface area (Å²) in [6.45, 7) is 10.7. The zero-order chi connectivity index (χ0) is 34.3. The lowest BCUT2D eigenvalue weighted by Gasteiger charge is -2.24. The Bertz CT molecular complexity index is 1650. The number of aromatic nitrogens is 3. The number of nitrogens with one attached hydrogen (secondary N) is 4. The van der Waals surface area contributed by atoms with Crippen molar-refractivity contribution in [1.82, 2.24) is 41.2 Å². The average Bonchev–Trinajstić information content (AvgIpc) is 3.87. The molecule has 2 aromatic carbocycles. The Hall–Kier alpha value is -4.52. The van der Waals surface area contributed by atoms with Crippen molar-refractivity contribution in [2.75, 3.05) is 17.2 Å². The van der Waals surface area contributed by atoms with Crippen LogP contribution < -0.4 is 26.2 Å². The lowest BCUT2D eigenvalue weighted by atomic mass is 10.0. The smallest absolute Gasteiger partial charge is 0.315 e. The van der Waals surface area contributed by atoms with E-state index in [1.165, 1.54) is 22.4 Å². The van der Waals surface area contributed by atoms with Gasteiger partial charge in [0.1, 0.15) is 12.4 Å². The fourth-order valence-corrected chi connectivity index (χ4v) is 8.34. The van der Waals surface area contributed by atoms with Crippen molar-refractivity contribution in [3.63, 3.8) is 0 Å². The Kier molecular flexibility index (Phi) is 11.1. The van der Waals surface area contributed by atoms with Crippen LogP contribution in [0.25, 0.3) is 0 Å². The van der Waals surface area contributed by atoms with Crippen LogP contribution in [0.3, 0.4) is 0 Å². The Balaban J connectivity index is 0.835. The second kappa shape index (κ2) is 15.8. The highest BCUT2D eigenvalue weighted by Gasteiger charge is 2.42. The highest BCUT2D eigenvalue weighted by atomic mass is 32.2. The SMILES string of the molecule is Cc1cc(C)c(N2[CH]N(Cc3ccc(C(=O)NCCCn4cc(CNC(=O)CCCC[C@@H]5SC[C@@H]6NC(=O)N[C@@H]65)nn4)cc3)C=C2)c(C)c1. The van der Waals surface area contributed by atoms with E-state index in [2.05, 4.69) is 93.4 Å². The van der Waals surface area contributed by atoms with Crippen LogP contribution in [-0.2, 0) is 24.4 Å². The van der Waals surface area contributed by atoms with Crippen LogP contribution in [0.1, 0.15) is 70.4 Å². The first-order valence-corrected chi connectivity index (χ1v) is 18.1. The van der Waals surface area contributed by atoms with Crippen molar-refractivity contribution in [2.45, 2.75) is 89.8 Å². The molecule has 4 heterocycles. The number of benzene rings is 2. The number of nitrogens with zero attached hydrogens (tertiary/aromatic N) is 5. The molecular weight excluding hydrogens is 639 g/mol. The van der Waals surface area contributed by atoms with E-state index in [4.69, 9.17) is 0 Å². The van der Waals surface area contributed by atoms with Crippen molar-refractivity contribution in [2.24, 2.45) is 0 Å². The van der Waals surface area contributed by atoms with Gasteiger partial charge >= 0.3 is 6.03 Å². The molecule has 1 aromatic heterocycles. The predicted molar refractivity (Wildman–Crippen MR) is 191 cm³/mol. The topological polar surface area (TPSA) is 137 Å². The molecule has 12 nitrogen and oxygen atoms in total. The van der Waals surface area contributed by atoms with Crippen LogP contribution in [0.4, 0.5) is 10.5 Å². The summed E-state index contributed by atoms with van der Waals surface area (Å²) in [6.07, 6.45) is 9.90. The third-order valence-corrected chi connectivity index (χ3v) is 10.7. The average molecular weight is 685 g/mol. The number of carbonyl (C=O) groups excluding carboxylic acids is 3. The van der Waals surface area contributed by atoms with Gasteiger partial charge in [-0.3, -0.25) is 14.3 Å². The molecule has 3 aliphatic heterocycles. The second-order valence-corrected chi connectivity index (χ2v) is 14.4. The summed E-state index contributed by atoms with van der Waals surface area (Å²) in [5.74, 6) is 0.843. The van der Waals surface area contributed by atoms with Gasteiger partial charge in [-0.05, 0) is 68.9 Å². The maximum absolute atomic E-state index is 12.7. The van der Waals surface area contributed by atoms with E-state index in [-0.39, 0.29) is 29.9 Å². The van der Waals surface area contributed by atoms with Crippen LogP contribution in [0.5, 0.6) is 0 Å². The molecule has 3 aromatic rings. The molecule has 0 aliphatic carbocycles. The van der Waals surface area contributed by atoms with Gasteiger partial charge in [0.15, 0.2) is 0 Å². The molecule has 3 aliphatic rings. The minimum Gasteiger partial charge on any atom is -0.352 e. The van der Waals surface area contributed by atoms with Gasteiger partial charge in [-0.15, -0.1) is 5.10 Å². The van der Waals surface area contributed by atoms with Gasteiger partial charge < -0.3 is 31.1 Å². The molecule has 3 atom stereocenters. The number of thioether (sulfide) groups is 1. The van der Waals surface area contributed by atoms with Crippen LogP contribution in [0, 0.1) is 27.4 Å². The normalized spacial score (nSPS) is 19.6. The Morgan fingerprint density at radius 2 is 1.80 bits per heavy atom. The summed E-state index contributed by atoms with van der Waals surface area (Å²) in [7, 11) is 0. The van der Waals surface area contributed by atoms with Crippen LogP contribution in [0.2, 0.25) is 0 Å². The summed E-state index contributed by atoms with van der Waals surface area (Å²) in [6, 6.07) is 12.5. The summed E-state index contributed by atoms with van der Waals surface area (Å²) < 4.78 is 1.73. The maximum atomic E-state index is 12.7. The lowest BCUT2D eigenvalue weighted by molar-refractivity contribution is -0.121. The largest absolute Gasteiger partial charge is 0.352 e. The number of carbonyl (C=O) groups is 3. The first-order chi connectivity index (χ1) is 23.7. The summed E-state index contributed by atoms with van der Waals surface area (Å²) in [5.41, 5.74) is 7.41. The van der Waals surface area contributed by atoms with Crippen LogP contribution in [-0.4, -0.2) is 67.4 Å². The molecule has 0 spiro atoms. The molecule has 4 amide bonds. The van der Waals surface area contributed by atoms with Gasteiger partial charge in [0.25, 0.3) is 5.91 Å². The first kappa shape index (κ1) is 34.3. The molecule has 13 heteroatoms. The molecule has 0 unspecified atom stereocenters. The number of fused-ring (bicyclic) bond motifs is 1. The van der Waals surface area contributed by atoms with E-state index < -0.39 is 0 Å². The molecule has 6 rings (SSSR count). The number of rotatable bonds is 15. The zero-order valence-electron chi connectivity index (χ0n) is 28.4. The molecule has 0 bridgehead atoms. The minimum absolute atomic E-state index is 0.000739. The summed E-state index contributed by atoms with van der Waals surface area (Å²) >= 11 is 1.90. The van der Waals surface area contributed by atoms with Crippen molar-refractivity contribution in [3.8, 4) is 0 Å². The summed E-state index contributed by atoms with van der Waals surface area (Å²) in [4.78, 5) is 40.9. The molecule has 0 saturated carbocycles. The molecule has 2 fully saturated rings. The first-order valence-electron chi connectivity index (χ1n) is 17.1. The minimum atomic E-state index is -0.105. The van der Waals surface area contributed by atoms with E-state index >= 15 is 0 Å². The Labute approximate surface area is 292 Å². The van der Waals surface area contributed by atoms with Crippen LogP contribution in [0.15, 0.2) is 55.0 Å². The fraction of sp³-hybridized carbons (Fsp3) is 0.444. The predicted octanol–water partition coefficient (Wildman–Crippen LogP) is 4.28. The van der Waals surface area contributed by atoms with Gasteiger partial charge in [-0.2, -0.15) is 11.8 Å². The van der Waals surface area contributed by atoms with E-state index in [1.807, 2.05) is 42.2 Å². The number of urea groups is 1. The van der Waals surface area contributed by atoms with Crippen molar-refractivity contribution in [1.29, 1.82) is 0 Å². The highest BCUT2D eigenvalue weighted by molar-refractivity contribution is 8.00. The van der Waals surface area contributed by atoms with Gasteiger partial charge in [-0.1, -0.05) is 41.5 Å². The number of amides is 4. The number of hydrogen-bond donors (Lipinski definition) is 4. The number of anilines is 1. The van der Waals surface area contributed by atoms with E-state index in [0.29, 0.717) is 55.5 Å². The molecule has 4 N–H and O–H groups in total. The molecule has 49 heavy (non-hydrogen) atoms. The third-order valence-electron chi connectivity index (χ3n) is 9.15. The van der Waals surface area contributed by atoms with E-state index in [1.54, 1.807) is 4.68 Å². The Morgan fingerprint density at radius 1 is 1.00 bits per heavy atom. The third kappa shape index (κ3) is 8.94. The van der Waals surface area contributed by atoms with Gasteiger partial charge in [-0.25, -0.2) is 4.79 Å². The number of unbranched alkanes of at least 4 members (excludes halogenated alkanes) is 1.